The molecule has 0 radical (unpaired) electrons. The van der Waals surface area contributed by atoms with Gasteiger partial charge >= 0.3 is 0 Å². The molecule has 1 amide bonds. The Hall–Kier alpha value is -2.49. The van der Waals surface area contributed by atoms with Crippen molar-refractivity contribution in [1.29, 1.82) is 0 Å². The van der Waals surface area contributed by atoms with E-state index in [-0.39, 0.29) is 5.91 Å². The van der Waals surface area contributed by atoms with Gasteiger partial charge in [-0.05, 0) is 43.5 Å². The number of nitrogens with one attached hydrogen (secondary N) is 1. The molecule has 1 N–H and O–H groups in total. The summed E-state index contributed by atoms with van der Waals surface area (Å²) in [6, 6.07) is 15.8. The minimum Gasteiger partial charge on any atom is -0.494 e. The van der Waals surface area contributed by atoms with Gasteiger partial charge in [0.05, 0.1) is 13.2 Å². The van der Waals surface area contributed by atoms with Gasteiger partial charge in [-0.15, -0.1) is 0 Å². The molecule has 0 aromatic heterocycles. The van der Waals surface area contributed by atoms with E-state index in [1.54, 1.807) is 0 Å². The average molecular weight is 310 g/mol. The molecule has 120 valence electrons. The third-order valence-corrected chi connectivity index (χ3v) is 3.97. The number of carbonyl (C=O) groups is 1. The van der Waals surface area contributed by atoms with Gasteiger partial charge in [-0.1, -0.05) is 24.3 Å². The number of hydrogen-bond acceptors (Lipinski definition) is 3. The topological polar surface area (TPSA) is 41.6 Å². The number of carbonyl (C=O) groups excluding carboxylic acids is 1. The minimum atomic E-state index is -0.00430. The molecule has 0 atom stereocenters. The van der Waals surface area contributed by atoms with Gasteiger partial charge in [0, 0.05) is 24.0 Å². The van der Waals surface area contributed by atoms with E-state index < -0.39 is 0 Å². The fraction of sp³-hybridized carbons (Fsp3) is 0.316. The molecule has 4 nitrogen and oxygen atoms in total. The lowest BCUT2D eigenvalue weighted by atomic mass is 10.0. The van der Waals surface area contributed by atoms with E-state index in [0.29, 0.717) is 13.2 Å². The zero-order chi connectivity index (χ0) is 16.1. The summed E-state index contributed by atoms with van der Waals surface area (Å²) in [5, 5.41) is 2.96. The molecule has 3 rings (SSSR count). The van der Waals surface area contributed by atoms with Crippen molar-refractivity contribution in [3.8, 4) is 5.75 Å². The second kappa shape index (κ2) is 7.18. The van der Waals surface area contributed by atoms with Crippen LogP contribution >= 0.6 is 0 Å². The van der Waals surface area contributed by atoms with Crippen molar-refractivity contribution < 1.29 is 9.53 Å². The number of nitrogens with zero attached hydrogens (tertiary/aromatic N) is 1. The zero-order valence-corrected chi connectivity index (χ0v) is 13.4. The molecule has 1 aliphatic heterocycles. The van der Waals surface area contributed by atoms with Crippen molar-refractivity contribution in [2.45, 2.75) is 19.8 Å². The highest BCUT2D eigenvalue weighted by molar-refractivity contribution is 5.94. The quantitative estimate of drug-likeness (QED) is 0.919. The van der Waals surface area contributed by atoms with Crippen molar-refractivity contribution in [2.24, 2.45) is 0 Å². The van der Waals surface area contributed by atoms with Gasteiger partial charge in [0.1, 0.15) is 5.75 Å². The van der Waals surface area contributed by atoms with Crippen LogP contribution in [0.5, 0.6) is 5.75 Å². The summed E-state index contributed by atoms with van der Waals surface area (Å²) < 4.78 is 5.46. The van der Waals surface area contributed by atoms with E-state index in [4.69, 9.17) is 4.74 Å². The summed E-state index contributed by atoms with van der Waals surface area (Å²) in [6.45, 7) is 3.85. The van der Waals surface area contributed by atoms with E-state index in [1.165, 1.54) is 11.3 Å². The summed E-state index contributed by atoms with van der Waals surface area (Å²) in [4.78, 5) is 14.5. The Morgan fingerprint density at radius 1 is 1.22 bits per heavy atom. The number of ether oxygens (including phenoxy) is 1. The summed E-state index contributed by atoms with van der Waals surface area (Å²) in [7, 11) is 0. The predicted octanol–water partition coefficient (Wildman–Crippen LogP) is 3.48. The van der Waals surface area contributed by atoms with Crippen LogP contribution in [-0.4, -0.2) is 25.6 Å². The molecule has 4 heteroatoms. The number of anilines is 2. The van der Waals surface area contributed by atoms with Crippen LogP contribution in [0.15, 0.2) is 48.5 Å². The highest BCUT2D eigenvalue weighted by Gasteiger charge is 2.18. The van der Waals surface area contributed by atoms with Gasteiger partial charge in [-0.2, -0.15) is 0 Å². The number of aryl methyl sites for hydroxylation is 1. The Morgan fingerprint density at radius 2 is 2.09 bits per heavy atom. The number of para-hydroxylation sites is 1. The molecule has 0 saturated heterocycles. The Balaban J connectivity index is 1.65. The number of amides is 1. The summed E-state index contributed by atoms with van der Waals surface area (Å²) >= 11 is 0. The minimum absolute atomic E-state index is 0.00430. The lowest BCUT2D eigenvalue weighted by Crippen LogP contribution is -2.36. The normalized spacial score (nSPS) is 13.3. The average Bonchev–Trinajstić information content (AvgIpc) is 2.56. The first kappa shape index (κ1) is 15.4. The molecule has 0 bridgehead atoms. The third kappa shape index (κ3) is 3.83. The van der Waals surface area contributed by atoms with E-state index >= 15 is 0 Å². The second-order valence-corrected chi connectivity index (χ2v) is 5.66. The number of hydrogen-bond donors (Lipinski definition) is 1. The van der Waals surface area contributed by atoms with E-state index in [1.807, 2.05) is 37.3 Å². The molecule has 1 aliphatic rings. The molecule has 2 aromatic carbocycles. The zero-order valence-electron chi connectivity index (χ0n) is 13.4. The van der Waals surface area contributed by atoms with Crippen LogP contribution in [0.2, 0.25) is 0 Å². The molecular formula is C19H22N2O2. The first-order valence-electron chi connectivity index (χ1n) is 8.12. The maximum Gasteiger partial charge on any atom is 0.243 e. The molecule has 0 unspecified atom stereocenters. The smallest absolute Gasteiger partial charge is 0.243 e. The van der Waals surface area contributed by atoms with Crippen molar-refractivity contribution >= 4 is 17.3 Å². The Kier molecular flexibility index (Phi) is 4.81. The maximum atomic E-state index is 12.4. The standard InChI is InChI=1S/C19H22N2O2/c1-2-23-17-10-5-9-16(13-17)20-19(22)14-21-12-6-8-15-7-3-4-11-18(15)21/h3-5,7,9-11,13H,2,6,8,12,14H2,1H3,(H,20,22). The van der Waals surface area contributed by atoms with Crippen LogP contribution in [0.1, 0.15) is 18.9 Å². The summed E-state index contributed by atoms with van der Waals surface area (Å²) in [5.41, 5.74) is 3.27. The molecule has 0 fully saturated rings. The highest BCUT2D eigenvalue weighted by Crippen LogP contribution is 2.26. The number of rotatable bonds is 5. The van der Waals surface area contributed by atoms with Crippen LogP contribution in [0.25, 0.3) is 0 Å². The van der Waals surface area contributed by atoms with Crippen LogP contribution in [-0.2, 0) is 11.2 Å². The van der Waals surface area contributed by atoms with Crippen molar-refractivity contribution in [3.63, 3.8) is 0 Å². The maximum absolute atomic E-state index is 12.4. The number of fused-ring (bicyclic) bond motifs is 1. The highest BCUT2D eigenvalue weighted by atomic mass is 16.5. The molecular weight excluding hydrogens is 288 g/mol. The van der Waals surface area contributed by atoms with Crippen molar-refractivity contribution in [2.75, 3.05) is 29.9 Å². The van der Waals surface area contributed by atoms with Gasteiger partial charge < -0.3 is 15.0 Å². The largest absolute Gasteiger partial charge is 0.494 e. The van der Waals surface area contributed by atoms with Gasteiger partial charge in [0.25, 0.3) is 0 Å². The first-order chi connectivity index (χ1) is 11.3. The molecule has 0 saturated carbocycles. The second-order valence-electron chi connectivity index (χ2n) is 5.66. The first-order valence-corrected chi connectivity index (χ1v) is 8.12. The lowest BCUT2D eigenvalue weighted by molar-refractivity contribution is -0.115. The fourth-order valence-corrected chi connectivity index (χ4v) is 2.98. The van der Waals surface area contributed by atoms with Crippen molar-refractivity contribution in [1.82, 2.24) is 0 Å². The molecule has 1 heterocycles. The van der Waals surface area contributed by atoms with Crippen LogP contribution in [0.3, 0.4) is 0 Å². The predicted molar refractivity (Wildman–Crippen MR) is 93.2 cm³/mol. The SMILES string of the molecule is CCOc1cccc(NC(=O)CN2CCCc3ccccc32)c1. The summed E-state index contributed by atoms with van der Waals surface area (Å²) in [5.74, 6) is 0.768. The van der Waals surface area contributed by atoms with Crippen LogP contribution in [0, 0.1) is 0 Å². The molecule has 0 aliphatic carbocycles. The lowest BCUT2D eigenvalue weighted by Gasteiger charge is -2.30. The Morgan fingerprint density at radius 3 is 2.96 bits per heavy atom. The van der Waals surface area contributed by atoms with Crippen LogP contribution < -0.4 is 15.0 Å². The summed E-state index contributed by atoms with van der Waals surface area (Å²) in [6.07, 6.45) is 2.18. The van der Waals surface area contributed by atoms with Crippen LogP contribution in [0.4, 0.5) is 11.4 Å². The third-order valence-electron chi connectivity index (χ3n) is 3.97. The van der Waals surface area contributed by atoms with Crippen molar-refractivity contribution in [3.05, 3.63) is 54.1 Å². The molecule has 0 spiro atoms. The van der Waals surface area contributed by atoms with Gasteiger partial charge in [-0.25, -0.2) is 0 Å². The fourth-order valence-electron chi connectivity index (χ4n) is 2.98. The monoisotopic (exact) mass is 310 g/mol. The van der Waals surface area contributed by atoms with E-state index in [9.17, 15) is 4.79 Å². The van der Waals surface area contributed by atoms with Gasteiger partial charge in [0.15, 0.2) is 0 Å². The van der Waals surface area contributed by atoms with E-state index in [2.05, 4.69) is 28.4 Å². The Bertz CT molecular complexity index is 685. The van der Waals surface area contributed by atoms with Gasteiger partial charge in [-0.3, -0.25) is 4.79 Å². The molecule has 2 aromatic rings. The molecule has 23 heavy (non-hydrogen) atoms. The number of benzene rings is 2. The van der Waals surface area contributed by atoms with E-state index in [0.717, 1.165) is 30.8 Å². The Labute approximate surface area is 137 Å². The van der Waals surface area contributed by atoms with Gasteiger partial charge in [0.2, 0.25) is 5.91 Å².